The number of hydrogen-bond acceptors (Lipinski definition) is 1. The van der Waals surface area contributed by atoms with E-state index >= 15 is 0 Å². The summed E-state index contributed by atoms with van der Waals surface area (Å²) in [4.78, 5) is 2.42. The van der Waals surface area contributed by atoms with Crippen LogP contribution in [0.5, 0.6) is 0 Å². The SMILES string of the molecule is C/C(=C\Cl)CN1CCC(Cl)C(C)(C)C1. The lowest BCUT2D eigenvalue weighted by Crippen LogP contribution is -2.46. The molecule has 0 aliphatic carbocycles. The topological polar surface area (TPSA) is 3.24 Å². The van der Waals surface area contributed by atoms with E-state index in [-0.39, 0.29) is 5.41 Å². The second-order valence-corrected chi connectivity index (χ2v) is 5.66. The van der Waals surface area contributed by atoms with Gasteiger partial charge in [-0.25, -0.2) is 0 Å². The Hall–Kier alpha value is 0.280. The fraction of sp³-hybridized carbons (Fsp3) is 0.818. The second kappa shape index (κ2) is 4.87. The van der Waals surface area contributed by atoms with Crippen molar-refractivity contribution in [3.05, 3.63) is 11.1 Å². The summed E-state index contributed by atoms with van der Waals surface area (Å²) in [5.74, 6) is 0. The van der Waals surface area contributed by atoms with Gasteiger partial charge in [-0.2, -0.15) is 0 Å². The summed E-state index contributed by atoms with van der Waals surface area (Å²) in [6.07, 6.45) is 1.07. The molecule has 0 saturated carbocycles. The van der Waals surface area contributed by atoms with Crippen molar-refractivity contribution < 1.29 is 0 Å². The van der Waals surface area contributed by atoms with Crippen LogP contribution in [0.15, 0.2) is 11.1 Å². The Morgan fingerprint density at radius 3 is 2.71 bits per heavy atom. The summed E-state index contributed by atoms with van der Waals surface area (Å²) in [5.41, 5.74) is 3.10. The largest absolute Gasteiger partial charge is 0.299 e. The lowest BCUT2D eigenvalue weighted by atomic mass is 9.83. The van der Waals surface area contributed by atoms with Gasteiger partial charge in [-0.05, 0) is 30.9 Å². The molecular formula is C11H19Cl2N. The van der Waals surface area contributed by atoms with Crippen LogP contribution in [0.3, 0.4) is 0 Å². The van der Waals surface area contributed by atoms with Crippen molar-refractivity contribution in [1.29, 1.82) is 0 Å². The molecule has 0 aromatic heterocycles. The fourth-order valence-corrected chi connectivity index (χ4v) is 2.20. The highest BCUT2D eigenvalue weighted by molar-refractivity contribution is 6.25. The predicted octanol–water partition coefficient (Wildman–Crippen LogP) is 3.47. The molecule has 1 saturated heterocycles. The van der Waals surface area contributed by atoms with Gasteiger partial charge < -0.3 is 0 Å². The van der Waals surface area contributed by atoms with E-state index in [1.807, 2.05) is 0 Å². The van der Waals surface area contributed by atoms with Crippen molar-refractivity contribution in [3.8, 4) is 0 Å². The molecule has 0 radical (unpaired) electrons. The molecule has 1 unspecified atom stereocenters. The molecule has 1 rings (SSSR count). The maximum atomic E-state index is 6.28. The van der Waals surface area contributed by atoms with Gasteiger partial charge in [0.05, 0.1) is 0 Å². The average Bonchev–Trinajstić information content (AvgIpc) is 2.11. The average molecular weight is 236 g/mol. The smallest absolute Gasteiger partial charge is 0.0411 e. The van der Waals surface area contributed by atoms with Crippen molar-refractivity contribution in [3.63, 3.8) is 0 Å². The van der Waals surface area contributed by atoms with E-state index in [9.17, 15) is 0 Å². The van der Waals surface area contributed by atoms with Crippen molar-refractivity contribution in [1.82, 2.24) is 4.90 Å². The number of alkyl halides is 1. The molecule has 0 bridgehead atoms. The molecule has 1 aliphatic heterocycles. The molecule has 1 heterocycles. The third-order valence-corrected chi connectivity index (χ3v) is 4.02. The van der Waals surface area contributed by atoms with Crippen LogP contribution in [0.4, 0.5) is 0 Å². The predicted molar refractivity (Wildman–Crippen MR) is 64.1 cm³/mol. The van der Waals surface area contributed by atoms with Crippen molar-refractivity contribution in [2.45, 2.75) is 32.6 Å². The molecule has 14 heavy (non-hydrogen) atoms. The Labute approximate surface area is 97.1 Å². The van der Waals surface area contributed by atoms with Crippen LogP contribution in [0.1, 0.15) is 27.2 Å². The van der Waals surface area contributed by atoms with Crippen LogP contribution < -0.4 is 0 Å². The van der Waals surface area contributed by atoms with E-state index < -0.39 is 0 Å². The van der Waals surface area contributed by atoms with Gasteiger partial charge in [-0.15, -0.1) is 11.6 Å². The number of hydrogen-bond donors (Lipinski definition) is 0. The van der Waals surface area contributed by atoms with E-state index in [0.29, 0.717) is 5.38 Å². The zero-order valence-corrected chi connectivity index (χ0v) is 10.7. The van der Waals surface area contributed by atoms with Crippen LogP contribution in [0.25, 0.3) is 0 Å². The van der Waals surface area contributed by atoms with Crippen molar-refractivity contribution in [2.24, 2.45) is 5.41 Å². The van der Waals surface area contributed by atoms with Gasteiger partial charge in [-0.1, -0.05) is 25.4 Å². The minimum absolute atomic E-state index is 0.215. The first kappa shape index (κ1) is 12.4. The molecule has 1 atom stereocenters. The normalized spacial score (nSPS) is 29.2. The fourth-order valence-electron chi connectivity index (χ4n) is 1.96. The van der Waals surface area contributed by atoms with Gasteiger partial charge in [0.25, 0.3) is 0 Å². The summed E-state index contributed by atoms with van der Waals surface area (Å²) in [7, 11) is 0. The van der Waals surface area contributed by atoms with Gasteiger partial charge in [0.15, 0.2) is 0 Å². The van der Waals surface area contributed by atoms with Gasteiger partial charge >= 0.3 is 0 Å². The van der Waals surface area contributed by atoms with Crippen LogP contribution >= 0.6 is 23.2 Å². The van der Waals surface area contributed by atoms with E-state index in [1.165, 1.54) is 5.57 Å². The Bertz CT molecular complexity index is 223. The Kier molecular flexibility index (Phi) is 4.30. The zero-order chi connectivity index (χ0) is 10.8. The number of likely N-dealkylation sites (tertiary alicyclic amines) is 1. The Morgan fingerprint density at radius 2 is 2.21 bits per heavy atom. The first-order valence-corrected chi connectivity index (χ1v) is 5.95. The third-order valence-electron chi connectivity index (χ3n) is 2.84. The maximum Gasteiger partial charge on any atom is 0.0411 e. The highest BCUT2D eigenvalue weighted by Gasteiger charge is 2.34. The third kappa shape index (κ3) is 3.15. The maximum absolute atomic E-state index is 6.28. The van der Waals surface area contributed by atoms with E-state index in [0.717, 1.165) is 26.1 Å². The van der Waals surface area contributed by atoms with Crippen LogP contribution in [0, 0.1) is 5.41 Å². The molecule has 82 valence electrons. The molecule has 0 spiro atoms. The van der Waals surface area contributed by atoms with Gasteiger partial charge in [0.2, 0.25) is 0 Å². The summed E-state index contributed by atoms with van der Waals surface area (Å²) in [6, 6.07) is 0. The molecule has 3 heteroatoms. The molecular weight excluding hydrogens is 217 g/mol. The van der Waals surface area contributed by atoms with Gasteiger partial charge in [-0.3, -0.25) is 4.90 Å². The minimum Gasteiger partial charge on any atom is -0.299 e. The van der Waals surface area contributed by atoms with Crippen molar-refractivity contribution in [2.75, 3.05) is 19.6 Å². The lowest BCUT2D eigenvalue weighted by molar-refractivity contribution is 0.131. The molecule has 0 N–H and O–H groups in total. The number of piperidine rings is 1. The highest BCUT2D eigenvalue weighted by Crippen LogP contribution is 2.33. The molecule has 1 fully saturated rings. The highest BCUT2D eigenvalue weighted by atomic mass is 35.5. The van der Waals surface area contributed by atoms with Gasteiger partial charge in [0.1, 0.15) is 0 Å². The molecule has 1 nitrogen and oxygen atoms in total. The van der Waals surface area contributed by atoms with Crippen LogP contribution in [0.2, 0.25) is 0 Å². The second-order valence-electron chi connectivity index (χ2n) is 4.91. The first-order valence-electron chi connectivity index (χ1n) is 5.08. The first-order chi connectivity index (χ1) is 6.45. The molecule has 0 amide bonds. The quantitative estimate of drug-likeness (QED) is 0.663. The Balaban J connectivity index is 2.52. The number of rotatable bonds is 2. The van der Waals surface area contributed by atoms with Crippen LogP contribution in [-0.2, 0) is 0 Å². The van der Waals surface area contributed by atoms with E-state index in [4.69, 9.17) is 23.2 Å². The lowest BCUT2D eigenvalue weighted by Gasteiger charge is -2.41. The number of halogens is 2. The summed E-state index contributed by atoms with van der Waals surface area (Å²) in [6.45, 7) is 9.64. The standard InChI is InChI=1S/C11H19Cl2N/c1-9(6-12)7-14-5-4-10(13)11(2,3)8-14/h6,10H,4-5,7-8H2,1-3H3/b9-6+. The Morgan fingerprint density at radius 1 is 1.57 bits per heavy atom. The molecule has 1 aliphatic rings. The zero-order valence-electron chi connectivity index (χ0n) is 9.19. The van der Waals surface area contributed by atoms with E-state index in [1.54, 1.807) is 5.54 Å². The van der Waals surface area contributed by atoms with Crippen molar-refractivity contribution >= 4 is 23.2 Å². The summed E-state index contributed by atoms with van der Waals surface area (Å²) < 4.78 is 0. The summed E-state index contributed by atoms with van der Waals surface area (Å²) >= 11 is 11.9. The van der Waals surface area contributed by atoms with E-state index in [2.05, 4.69) is 25.7 Å². The molecule has 0 aromatic rings. The number of nitrogens with zero attached hydrogens (tertiary/aromatic N) is 1. The van der Waals surface area contributed by atoms with Gasteiger partial charge in [0, 0.05) is 24.0 Å². The summed E-state index contributed by atoms with van der Waals surface area (Å²) in [5, 5.41) is 0.305. The monoisotopic (exact) mass is 235 g/mol. The molecule has 0 aromatic carbocycles. The van der Waals surface area contributed by atoms with Crippen LogP contribution in [-0.4, -0.2) is 29.9 Å². The minimum atomic E-state index is 0.215.